The van der Waals surface area contributed by atoms with Crippen molar-refractivity contribution in [2.45, 2.75) is 75.7 Å². The maximum atomic E-state index is 14.9. The van der Waals surface area contributed by atoms with Gasteiger partial charge in [0.05, 0.1) is 22.7 Å². The van der Waals surface area contributed by atoms with Crippen LogP contribution in [0.1, 0.15) is 62.2 Å². The second-order valence-electron chi connectivity index (χ2n) is 10.9. The number of rotatable bonds is 9. The zero-order valence-corrected chi connectivity index (χ0v) is 20.8. The van der Waals surface area contributed by atoms with E-state index in [1.165, 1.54) is 0 Å². The molecule has 37 heavy (non-hydrogen) atoms. The molecular weight excluding hydrogens is 510 g/mol. The fraction of sp³-hybridized carbons (Fsp3) is 0.560. The average molecular weight is 537 g/mol. The lowest BCUT2D eigenvalue weighted by Gasteiger charge is -2.64. The highest BCUT2D eigenvalue weighted by molar-refractivity contribution is 6.38. The third-order valence-corrected chi connectivity index (χ3v) is 7.88. The number of hydrogen-bond acceptors (Lipinski definition) is 5. The first-order valence-corrected chi connectivity index (χ1v) is 12.7. The second-order valence-corrected chi connectivity index (χ2v) is 11.4. The fourth-order valence-corrected chi connectivity index (χ4v) is 5.79. The highest BCUT2D eigenvalue weighted by atomic mass is 35.5. The smallest absolute Gasteiger partial charge is 0.289 e. The van der Waals surface area contributed by atoms with E-state index in [0.717, 1.165) is 25.0 Å². The largest absolute Gasteiger partial charge is 0.353 e. The predicted octanol–water partition coefficient (Wildman–Crippen LogP) is 2.17. The molecule has 4 saturated carbocycles. The summed E-state index contributed by atoms with van der Waals surface area (Å²) in [4.78, 5) is 63.9. The summed E-state index contributed by atoms with van der Waals surface area (Å²) >= 11 is 5.98. The molecule has 5 aliphatic rings. The SMILES string of the molecule is C[C@@H]1C[C@@H](CC(NC(=O)c2cc(Cl)cc(F)c2NC(=O)C23CC(F)(C2)C3)C(=O)C(=O)NC2CC2)C(=O)N1. The number of benzene rings is 1. The molecule has 4 N–H and O–H groups in total. The van der Waals surface area contributed by atoms with Crippen LogP contribution >= 0.6 is 11.6 Å². The van der Waals surface area contributed by atoms with Crippen LogP contribution < -0.4 is 21.3 Å². The number of amides is 4. The monoisotopic (exact) mass is 536 g/mol. The van der Waals surface area contributed by atoms with Crippen molar-refractivity contribution in [2.75, 3.05) is 5.32 Å². The van der Waals surface area contributed by atoms with Crippen molar-refractivity contribution in [1.29, 1.82) is 0 Å². The van der Waals surface area contributed by atoms with Gasteiger partial charge in [-0.25, -0.2) is 8.78 Å². The van der Waals surface area contributed by atoms with Gasteiger partial charge in [-0.15, -0.1) is 0 Å². The maximum absolute atomic E-state index is 14.9. The molecule has 0 aromatic heterocycles. The molecule has 0 spiro atoms. The molecule has 1 aromatic carbocycles. The highest BCUT2D eigenvalue weighted by Gasteiger charge is 2.72. The van der Waals surface area contributed by atoms with Crippen molar-refractivity contribution in [1.82, 2.24) is 16.0 Å². The van der Waals surface area contributed by atoms with E-state index in [9.17, 15) is 32.8 Å². The van der Waals surface area contributed by atoms with Crippen LogP contribution in [0, 0.1) is 17.2 Å². The lowest BCUT2D eigenvalue weighted by molar-refractivity contribution is -0.209. The van der Waals surface area contributed by atoms with Crippen LogP contribution in [0.2, 0.25) is 5.02 Å². The average Bonchev–Trinajstić information content (AvgIpc) is 3.53. The number of ketones is 1. The van der Waals surface area contributed by atoms with Crippen LogP contribution in [0.5, 0.6) is 0 Å². The normalized spacial score (nSPS) is 30.3. The minimum atomic E-state index is -1.37. The molecule has 9 nitrogen and oxygen atoms in total. The molecule has 12 heteroatoms. The van der Waals surface area contributed by atoms with E-state index in [2.05, 4.69) is 21.3 Å². The number of nitrogens with one attached hydrogen (secondary N) is 4. The Kier molecular flexibility index (Phi) is 6.24. The molecule has 198 valence electrons. The van der Waals surface area contributed by atoms with Gasteiger partial charge < -0.3 is 21.3 Å². The van der Waals surface area contributed by atoms with Crippen LogP contribution in [0.15, 0.2) is 12.1 Å². The van der Waals surface area contributed by atoms with E-state index in [1.54, 1.807) is 6.92 Å². The molecule has 1 heterocycles. The molecule has 0 radical (unpaired) electrons. The van der Waals surface area contributed by atoms with Crippen molar-refractivity contribution >= 4 is 46.7 Å². The van der Waals surface area contributed by atoms with Gasteiger partial charge in [0.25, 0.3) is 11.8 Å². The van der Waals surface area contributed by atoms with E-state index in [4.69, 9.17) is 11.6 Å². The first-order valence-electron chi connectivity index (χ1n) is 12.3. The summed E-state index contributed by atoms with van der Waals surface area (Å²) in [5.41, 5.74) is -3.09. The van der Waals surface area contributed by atoms with Crippen molar-refractivity contribution in [3.05, 3.63) is 28.5 Å². The molecule has 4 aliphatic carbocycles. The quantitative estimate of drug-likeness (QED) is 0.359. The van der Waals surface area contributed by atoms with Crippen LogP contribution in [0.25, 0.3) is 0 Å². The van der Waals surface area contributed by atoms with Crippen LogP contribution in [0.4, 0.5) is 14.5 Å². The Morgan fingerprint density at radius 3 is 2.43 bits per heavy atom. The molecule has 3 atom stereocenters. The zero-order chi connectivity index (χ0) is 26.7. The van der Waals surface area contributed by atoms with Gasteiger partial charge in [0.2, 0.25) is 17.6 Å². The van der Waals surface area contributed by atoms with Crippen molar-refractivity contribution < 1.29 is 32.8 Å². The molecule has 1 unspecified atom stereocenters. The summed E-state index contributed by atoms with van der Waals surface area (Å²) in [6.45, 7) is 1.80. The van der Waals surface area contributed by atoms with Gasteiger partial charge in [-0.3, -0.25) is 24.0 Å². The molecule has 5 fully saturated rings. The lowest BCUT2D eigenvalue weighted by Crippen LogP contribution is -2.69. The van der Waals surface area contributed by atoms with Crippen LogP contribution in [0.3, 0.4) is 0 Å². The zero-order valence-electron chi connectivity index (χ0n) is 20.1. The molecule has 4 amide bonds. The first-order chi connectivity index (χ1) is 17.4. The lowest BCUT2D eigenvalue weighted by atomic mass is 9.42. The molecule has 6 rings (SSSR count). The standard InChI is InChI=1S/C25H27ClF2N4O5/c1-11-4-12(20(34)29-11)5-17(19(33)22(36)30-14-2-3-14)31-21(35)15-6-13(26)7-16(27)18(15)32-23(37)24-8-25(28,9-24)10-24/h6-7,11-12,14,17H,2-5,8-10H2,1H3,(H,29,34)(H,30,36)(H,31,35)(H,32,37)/t11-,12+,17?,24?,25?/m1/s1. The number of carbonyl (C=O) groups is 5. The third-order valence-electron chi connectivity index (χ3n) is 7.66. The van der Waals surface area contributed by atoms with Gasteiger partial charge in [-0.05, 0) is 64.0 Å². The Balaban J connectivity index is 1.37. The van der Waals surface area contributed by atoms with Gasteiger partial charge in [0.15, 0.2) is 0 Å². The summed E-state index contributed by atoms with van der Waals surface area (Å²) in [5.74, 6) is -5.27. The van der Waals surface area contributed by atoms with E-state index in [-0.39, 0.29) is 54.3 Å². The number of Topliss-reactive ketones (excluding diaryl/α,β-unsaturated/α-hetero) is 1. The summed E-state index contributed by atoms with van der Waals surface area (Å²) < 4.78 is 28.8. The van der Waals surface area contributed by atoms with E-state index in [0.29, 0.717) is 6.42 Å². The third kappa shape index (κ3) is 4.93. The van der Waals surface area contributed by atoms with Gasteiger partial charge in [0, 0.05) is 23.0 Å². The van der Waals surface area contributed by atoms with E-state index in [1.807, 2.05) is 0 Å². The Labute approximate surface area is 216 Å². The number of halogens is 3. The van der Waals surface area contributed by atoms with Crippen molar-refractivity contribution in [3.8, 4) is 0 Å². The summed E-state index contributed by atoms with van der Waals surface area (Å²) in [7, 11) is 0. The van der Waals surface area contributed by atoms with Crippen molar-refractivity contribution in [3.63, 3.8) is 0 Å². The van der Waals surface area contributed by atoms with Gasteiger partial charge in [0.1, 0.15) is 11.5 Å². The van der Waals surface area contributed by atoms with Crippen LogP contribution in [-0.4, -0.2) is 53.2 Å². The first kappa shape index (κ1) is 25.6. The molecule has 1 saturated heterocycles. The maximum Gasteiger partial charge on any atom is 0.289 e. The minimum Gasteiger partial charge on any atom is -0.353 e. The highest BCUT2D eigenvalue weighted by Crippen LogP contribution is 2.69. The number of hydrogen-bond donors (Lipinski definition) is 4. The molecule has 2 bridgehead atoms. The second kappa shape index (κ2) is 9.04. The Hall–Kier alpha value is -3.08. The predicted molar refractivity (Wildman–Crippen MR) is 128 cm³/mol. The molecule has 1 aliphatic heterocycles. The summed E-state index contributed by atoms with van der Waals surface area (Å²) in [5, 5.41) is 10.0. The van der Waals surface area contributed by atoms with Crippen LogP contribution in [-0.2, 0) is 19.2 Å². The number of carbonyl (C=O) groups excluding carboxylic acids is 5. The summed E-state index contributed by atoms with van der Waals surface area (Å²) in [6, 6.07) is 0.440. The van der Waals surface area contributed by atoms with Gasteiger partial charge >= 0.3 is 0 Å². The topological polar surface area (TPSA) is 133 Å². The fourth-order valence-electron chi connectivity index (χ4n) is 5.58. The number of alkyl halides is 1. The Morgan fingerprint density at radius 1 is 1.19 bits per heavy atom. The van der Waals surface area contributed by atoms with E-state index < -0.39 is 58.1 Å². The van der Waals surface area contributed by atoms with Crippen molar-refractivity contribution in [2.24, 2.45) is 11.3 Å². The summed E-state index contributed by atoms with van der Waals surface area (Å²) in [6.07, 6.45) is 1.88. The van der Waals surface area contributed by atoms with Gasteiger partial charge in [-0.1, -0.05) is 11.6 Å². The Bertz CT molecular complexity index is 1200. The van der Waals surface area contributed by atoms with E-state index >= 15 is 0 Å². The molecule has 1 aromatic rings. The minimum absolute atomic E-state index is 0.0388. The van der Waals surface area contributed by atoms with Gasteiger partial charge in [-0.2, -0.15) is 0 Å². The number of anilines is 1. The Morgan fingerprint density at radius 2 is 1.86 bits per heavy atom. The molecular formula is C25H27ClF2N4O5.